The summed E-state index contributed by atoms with van der Waals surface area (Å²) >= 11 is 0. The number of nitrogens with zero attached hydrogens (tertiary/aromatic N) is 2. The number of nitrogens with one attached hydrogen (secondary N) is 1. The first kappa shape index (κ1) is 26.7. The quantitative estimate of drug-likeness (QED) is 0.514. The van der Waals surface area contributed by atoms with Crippen LogP contribution in [0.2, 0.25) is 0 Å². The van der Waals surface area contributed by atoms with Crippen LogP contribution in [0.25, 0.3) is 0 Å². The summed E-state index contributed by atoms with van der Waals surface area (Å²) in [5.41, 5.74) is 0.483. The van der Waals surface area contributed by atoms with Crippen LogP contribution in [0.3, 0.4) is 0 Å². The fourth-order valence-electron chi connectivity index (χ4n) is 3.11. The average molecular weight is 472 g/mol. The van der Waals surface area contributed by atoms with Gasteiger partial charge in [0.15, 0.2) is 0 Å². The molecule has 31 heavy (non-hydrogen) atoms. The van der Waals surface area contributed by atoms with E-state index in [9.17, 15) is 18.3 Å². The molecule has 0 spiro atoms. The minimum Gasteiger partial charge on any atom is -0.478 e. The van der Waals surface area contributed by atoms with E-state index in [1.54, 1.807) is 30.3 Å². The van der Waals surface area contributed by atoms with Crippen LogP contribution in [-0.4, -0.2) is 54.6 Å². The number of rotatable bonds is 11. The smallest absolute Gasteiger partial charge is 0.337 e. The first-order chi connectivity index (χ1) is 14.1. The second-order valence-electron chi connectivity index (χ2n) is 7.50. The molecular formula is C21H30ClN3O5S. The van der Waals surface area contributed by atoms with Crippen LogP contribution in [0, 0.1) is 0 Å². The van der Waals surface area contributed by atoms with Gasteiger partial charge in [0.25, 0.3) is 0 Å². The van der Waals surface area contributed by atoms with Crippen LogP contribution in [-0.2, 0) is 15.8 Å². The molecular weight excluding hydrogens is 442 g/mol. The predicted octanol–water partition coefficient (Wildman–Crippen LogP) is 3.64. The highest BCUT2D eigenvalue weighted by Gasteiger charge is 2.19. The second-order valence-corrected chi connectivity index (χ2v) is 9.22. The Morgan fingerprint density at radius 1 is 1.16 bits per heavy atom. The fourth-order valence-corrected chi connectivity index (χ4v) is 4.30. The molecule has 0 unspecified atom stereocenters. The van der Waals surface area contributed by atoms with E-state index < -0.39 is 16.0 Å². The highest BCUT2D eigenvalue weighted by molar-refractivity contribution is 7.91. The minimum atomic E-state index is -3.79. The third-order valence-corrected chi connectivity index (χ3v) is 5.72. The van der Waals surface area contributed by atoms with Gasteiger partial charge in [-0.15, -0.1) is 12.4 Å². The minimum absolute atomic E-state index is 0. The molecule has 0 saturated heterocycles. The maximum Gasteiger partial charge on any atom is 0.337 e. The summed E-state index contributed by atoms with van der Waals surface area (Å²) < 4.78 is 33.4. The largest absolute Gasteiger partial charge is 0.478 e. The Morgan fingerprint density at radius 2 is 1.77 bits per heavy atom. The van der Waals surface area contributed by atoms with E-state index in [-0.39, 0.29) is 41.9 Å². The Bertz CT molecular complexity index is 945. The molecule has 10 heteroatoms. The molecule has 0 aliphatic rings. The first-order valence-electron chi connectivity index (χ1n) is 9.75. The topological polar surface area (TPSA) is 109 Å². The molecule has 0 atom stereocenters. The van der Waals surface area contributed by atoms with Crippen molar-refractivity contribution in [3.63, 3.8) is 0 Å². The number of pyridine rings is 1. The zero-order chi connectivity index (χ0) is 22.3. The van der Waals surface area contributed by atoms with Crippen LogP contribution >= 0.6 is 12.4 Å². The third kappa shape index (κ3) is 8.35. The summed E-state index contributed by atoms with van der Waals surface area (Å²) in [5.74, 6) is -1.41. The van der Waals surface area contributed by atoms with Crippen LogP contribution in [0.5, 0.6) is 5.88 Å². The number of hydrogen-bond donors (Lipinski definition) is 2. The molecule has 0 aliphatic carbocycles. The molecule has 8 nitrogen and oxygen atoms in total. The normalized spacial score (nSPS) is 11.5. The van der Waals surface area contributed by atoms with E-state index in [2.05, 4.69) is 42.3 Å². The molecule has 0 amide bonds. The third-order valence-electron chi connectivity index (χ3n) is 4.48. The molecule has 0 saturated carbocycles. The van der Waals surface area contributed by atoms with Crippen LogP contribution in [0.4, 0.5) is 5.69 Å². The van der Waals surface area contributed by atoms with Gasteiger partial charge in [-0.1, -0.05) is 30.3 Å². The van der Waals surface area contributed by atoms with Crippen LogP contribution in [0.1, 0.15) is 43.6 Å². The molecule has 0 aliphatic heterocycles. The molecule has 0 radical (unpaired) electrons. The van der Waals surface area contributed by atoms with Gasteiger partial charge in [-0.25, -0.2) is 18.2 Å². The highest BCUT2D eigenvalue weighted by Crippen LogP contribution is 2.25. The molecule has 1 aromatic carbocycles. The number of carboxylic acid groups (broad SMARTS) is 1. The number of carboxylic acids is 1. The van der Waals surface area contributed by atoms with Crippen molar-refractivity contribution in [3.05, 3.63) is 53.7 Å². The van der Waals surface area contributed by atoms with Gasteiger partial charge in [-0.3, -0.25) is 9.62 Å². The number of ether oxygens (including phenoxy) is 1. The Balaban J connectivity index is 0.00000480. The standard InChI is InChI=1S/C21H29N3O5S.ClH/c1-15(2)24(16(3)4)10-11-29-20-19(12-18(13-22-20)21(25)26)23-30(27,28)14-17-8-6-5-7-9-17;/h5-9,12-13,15-16,23H,10-11,14H2,1-4H3,(H,25,26);1H. The van der Waals surface area contributed by atoms with Gasteiger partial charge in [0, 0.05) is 24.8 Å². The van der Waals surface area contributed by atoms with E-state index in [1.165, 1.54) is 6.07 Å². The summed E-state index contributed by atoms with van der Waals surface area (Å²) in [6.07, 6.45) is 1.15. The number of halogens is 1. The van der Waals surface area contributed by atoms with Gasteiger partial charge in [0.2, 0.25) is 15.9 Å². The van der Waals surface area contributed by atoms with Crippen LogP contribution < -0.4 is 9.46 Å². The van der Waals surface area contributed by atoms with Crippen molar-refractivity contribution in [1.82, 2.24) is 9.88 Å². The van der Waals surface area contributed by atoms with Crippen molar-refractivity contribution >= 4 is 34.1 Å². The zero-order valence-corrected chi connectivity index (χ0v) is 19.7. The van der Waals surface area contributed by atoms with Crippen molar-refractivity contribution in [3.8, 4) is 5.88 Å². The number of aromatic nitrogens is 1. The maximum absolute atomic E-state index is 12.6. The predicted molar refractivity (Wildman–Crippen MR) is 124 cm³/mol. The lowest BCUT2D eigenvalue weighted by molar-refractivity contribution is 0.0696. The van der Waals surface area contributed by atoms with Crippen molar-refractivity contribution < 1.29 is 23.1 Å². The van der Waals surface area contributed by atoms with Gasteiger partial charge in [0.05, 0.1) is 11.3 Å². The number of hydrogen-bond acceptors (Lipinski definition) is 6. The number of benzene rings is 1. The first-order valence-corrected chi connectivity index (χ1v) is 11.4. The molecule has 172 valence electrons. The monoisotopic (exact) mass is 471 g/mol. The fraction of sp³-hybridized carbons (Fsp3) is 0.429. The van der Waals surface area contributed by atoms with E-state index in [0.717, 1.165) is 6.20 Å². The Labute approximate surface area is 190 Å². The number of carbonyl (C=O) groups is 1. The second kappa shape index (κ2) is 11.9. The summed E-state index contributed by atoms with van der Waals surface area (Å²) in [4.78, 5) is 17.6. The number of sulfonamides is 1. The van der Waals surface area contributed by atoms with Crippen molar-refractivity contribution in [2.45, 2.75) is 45.5 Å². The summed E-state index contributed by atoms with van der Waals surface area (Å²) in [6, 6.07) is 10.6. The maximum atomic E-state index is 12.6. The van der Waals surface area contributed by atoms with Gasteiger partial charge >= 0.3 is 5.97 Å². The number of anilines is 1. The van der Waals surface area contributed by atoms with Crippen molar-refractivity contribution in [2.75, 3.05) is 17.9 Å². The highest BCUT2D eigenvalue weighted by atomic mass is 35.5. The Morgan fingerprint density at radius 3 is 2.32 bits per heavy atom. The number of aromatic carboxylic acids is 1. The van der Waals surface area contributed by atoms with E-state index in [1.807, 2.05) is 0 Å². The summed E-state index contributed by atoms with van der Waals surface area (Å²) in [7, 11) is -3.79. The molecule has 0 fully saturated rings. The van der Waals surface area contributed by atoms with Crippen LogP contribution in [0.15, 0.2) is 42.6 Å². The van der Waals surface area contributed by atoms with E-state index >= 15 is 0 Å². The van der Waals surface area contributed by atoms with Gasteiger partial charge < -0.3 is 9.84 Å². The lowest BCUT2D eigenvalue weighted by atomic mass is 10.2. The SMILES string of the molecule is CC(C)N(CCOc1ncc(C(=O)O)cc1NS(=O)(=O)Cc1ccccc1)C(C)C.Cl. The molecule has 2 aromatic rings. The molecule has 1 heterocycles. The molecule has 0 bridgehead atoms. The van der Waals surface area contributed by atoms with Gasteiger partial charge in [-0.05, 0) is 39.3 Å². The molecule has 1 aromatic heterocycles. The molecule has 2 rings (SSSR count). The zero-order valence-electron chi connectivity index (χ0n) is 18.1. The lowest BCUT2D eigenvalue weighted by Gasteiger charge is -2.30. The Kier molecular flexibility index (Phi) is 10.2. The summed E-state index contributed by atoms with van der Waals surface area (Å²) in [5, 5.41) is 9.24. The Hall–Kier alpha value is -2.36. The van der Waals surface area contributed by atoms with Gasteiger partial charge in [0.1, 0.15) is 12.3 Å². The summed E-state index contributed by atoms with van der Waals surface area (Å²) in [6.45, 7) is 9.25. The van der Waals surface area contributed by atoms with E-state index in [4.69, 9.17) is 4.74 Å². The van der Waals surface area contributed by atoms with Crippen molar-refractivity contribution in [2.24, 2.45) is 0 Å². The molecule has 2 N–H and O–H groups in total. The lowest BCUT2D eigenvalue weighted by Crippen LogP contribution is -2.39. The van der Waals surface area contributed by atoms with Crippen molar-refractivity contribution in [1.29, 1.82) is 0 Å². The van der Waals surface area contributed by atoms with Gasteiger partial charge in [-0.2, -0.15) is 0 Å². The average Bonchev–Trinajstić information content (AvgIpc) is 2.65. The van der Waals surface area contributed by atoms with E-state index in [0.29, 0.717) is 24.2 Å².